The van der Waals surface area contributed by atoms with Crippen molar-refractivity contribution in [1.29, 1.82) is 0 Å². The van der Waals surface area contributed by atoms with Gasteiger partial charge in [0.05, 0.1) is 25.0 Å². The van der Waals surface area contributed by atoms with Crippen LogP contribution in [-0.2, 0) is 25.5 Å². The average molecular weight is 388 g/mol. The number of aliphatic carboxylic acids is 1. The van der Waals surface area contributed by atoms with Gasteiger partial charge in [0.2, 0.25) is 11.8 Å². The van der Waals surface area contributed by atoms with Crippen LogP contribution in [0.4, 0.5) is 0 Å². The van der Waals surface area contributed by atoms with E-state index in [9.17, 15) is 14.4 Å². The van der Waals surface area contributed by atoms with E-state index in [2.05, 4.69) is 0 Å². The summed E-state index contributed by atoms with van der Waals surface area (Å²) in [6, 6.07) is 7.60. The van der Waals surface area contributed by atoms with Gasteiger partial charge in [-0.15, -0.1) is 0 Å². The number of nitrogens with zero attached hydrogens (tertiary/aromatic N) is 2. The smallest absolute Gasteiger partial charge is 0.305 e. The maximum absolute atomic E-state index is 13.1. The molecule has 2 atom stereocenters. The molecule has 1 aromatic carbocycles. The zero-order chi connectivity index (χ0) is 20.1. The first-order valence-electron chi connectivity index (χ1n) is 9.92. The van der Waals surface area contributed by atoms with Gasteiger partial charge in [0.15, 0.2) is 0 Å². The highest BCUT2D eigenvalue weighted by molar-refractivity contribution is 5.80. The van der Waals surface area contributed by atoms with Gasteiger partial charge in [-0.25, -0.2) is 0 Å². The Morgan fingerprint density at radius 2 is 2.07 bits per heavy atom. The van der Waals surface area contributed by atoms with Crippen LogP contribution in [0.25, 0.3) is 0 Å². The van der Waals surface area contributed by atoms with Crippen molar-refractivity contribution in [1.82, 2.24) is 9.80 Å². The third-order valence-electron chi connectivity index (χ3n) is 5.58. The van der Waals surface area contributed by atoms with Crippen LogP contribution in [0.2, 0.25) is 0 Å². The monoisotopic (exact) mass is 388 g/mol. The minimum Gasteiger partial charge on any atom is -0.481 e. The Morgan fingerprint density at radius 3 is 2.75 bits per heavy atom. The minimum absolute atomic E-state index is 0.0414. The Morgan fingerprint density at radius 1 is 1.29 bits per heavy atom. The van der Waals surface area contributed by atoms with Gasteiger partial charge in [-0.2, -0.15) is 0 Å². The molecule has 2 aliphatic rings. The molecule has 0 aromatic heterocycles. The third-order valence-corrected chi connectivity index (χ3v) is 5.58. The number of carbonyl (C=O) groups excluding carboxylic acids is 2. The molecule has 0 bridgehead atoms. The normalized spacial score (nSPS) is 21.2. The van der Waals surface area contributed by atoms with Gasteiger partial charge in [0.1, 0.15) is 0 Å². The Balaban J connectivity index is 1.77. The van der Waals surface area contributed by atoms with Crippen molar-refractivity contribution in [3.63, 3.8) is 0 Å². The van der Waals surface area contributed by atoms with E-state index in [1.807, 2.05) is 24.3 Å². The van der Waals surface area contributed by atoms with E-state index in [1.165, 1.54) is 6.92 Å². The highest BCUT2D eigenvalue weighted by atomic mass is 16.5. The zero-order valence-corrected chi connectivity index (χ0v) is 16.3. The lowest BCUT2D eigenvalue weighted by Gasteiger charge is -2.37. The maximum atomic E-state index is 13.1. The minimum atomic E-state index is -0.932. The van der Waals surface area contributed by atoms with E-state index in [0.717, 1.165) is 30.4 Å². The molecular weight excluding hydrogens is 360 g/mol. The highest BCUT2D eigenvalue weighted by Crippen LogP contribution is 2.33. The second kappa shape index (κ2) is 9.19. The highest BCUT2D eigenvalue weighted by Gasteiger charge is 2.33. The van der Waals surface area contributed by atoms with Crippen molar-refractivity contribution in [2.75, 3.05) is 26.2 Å². The summed E-state index contributed by atoms with van der Waals surface area (Å²) in [6.07, 6.45) is 2.63. The third kappa shape index (κ3) is 4.90. The predicted octanol–water partition coefficient (Wildman–Crippen LogP) is 2.00. The SMILES string of the molecule is CC(=O)N1CCc2ccccc2[C@@H]1CC(=O)N(CCC(=O)O)C[C@@H]1CCCO1. The summed E-state index contributed by atoms with van der Waals surface area (Å²) >= 11 is 0. The molecule has 1 fully saturated rings. The number of ether oxygens (including phenoxy) is 1. The van der Waals surface area contributed by atoms with E-state index < -0.39 is 5.97 Å². The number of carbonyl (C=O) groups is 3. The van der Waals surface area contributed by atoms with Crippen molar-refractivity contribution in [3.05, 3.63) is 35.4 Å². The van der Waals surface area contributed by atoms with Gasteiger partial charge in [0, 0.05) is 33.2 Å². The number of carboxylic acids is 1. The maximum Gasteiger partial charge on any atom is 0.305 e. The molecule has 1 saturated heterocycles. The van der Waals surface area contributed by atoms with Crippen LogP contribution in [0.5, 0.6) is 0 Å². The molecule has 2 aliphatic heterocycles. The van der Waals surface area contributed by atoms with Gasteiger partial charge >= 0.3 is 5.97 Å². The second-order valence-corrected chi connectivity index (χ2v) is 7.50. The first-order chi connectivity index (χ1) is 13.5. The van der Waals surface area contributed by atoms with Crippen molar-refractivity contribution in [2.24, 2.45) is 0 Å². The van der Waals surface area contributed by atoms with Gasteiger partial charge in [0.25, 0.3) is 0 Å². The van der Waals surface area contributed by atoms with Crippen LogP contribution in [0.1, 0.15) is 49.8 Å². The Hall–Kier alpha value is -2.41. The summed E-state index contributed by atoms with van der Waals surface area (Å²) in [6.45, 7) is 3.36. The number of carboxylic acid groups (broad SMARTS) is 1. The summed E-state index contributed by atoms with van der Waals surface area (Å²) in [5, 5.41) is 9.05. The number of amides is 2. The molecule has 7 heteroatoms. The number of hydrogen-bond acceptors (Lipinski definition) is 4. The number of benzene rings is 1. The topological polar surface area (TPSA) is 87.2 Å². The second-order valence-electron chi connectivity index (χ2n) is 7.50. The van der Waals surface area contributed by atoms with Gasteiger partial charge < -0.3 is 19.6 Å². The molecule has 2 amide bonds. The fourth-order valence-electron chi connectivity index (χ4n) is 4.13. The molecule has 0 spiro atoms. The molecule has 1 N–H and O–H groups in total. The fraction of sp³-hybridized carbons (Fsp3) is 0.571. The average Bonchev–Trinajstić information content (AvgIpc) is 3.18. The van der Waals surface area contributed by atoms with E-state index in [1.54, 1.807) is 9.80 Å². The molecule has 1 aromatic rings. The number of hydrogen-bond donors (Lipinski definition) is 1. The predicted molar refractivity (Wildman–Crippen MR) is 103 cm³/mol. The quantitative estimate of drug-likeness (QED) is 0.772. The van der Waals surface area contributed by atoms with E-state index in [0.29, 0.717) is 19.7 Å². The summed E-state index contributed by atoms with van der Waals surface area (Å²) in [4.78, 5) is 39.7. The molecule has 2 heterocycles. The van der Waals surface area contributed by atoms with Crippen molar-refractivity contribution >= 4 is 17.8 Å². The molecule has 3 rings (SSSR count). The van der Waals surface area contributed by atoms with Crippen LogP contribution in [-0.4, -0.2) is 65.0 Å². The summed E-state index contributed by atoms with van der Waals surface area (Å²) in [5.41, 5.74) is 2.17. The van der Waals surface area contributed by atoms with Crippen molar-refractivity contribution in [3.8, 4) is 0 Å². The van der Waals surface area contributed by atoms with E-state index >= 15 is 0 Å². The molecule has 0 saturated carbocycles. The molecule has 0 aliphatic carbocycles. The van der Waals surface area contributed by atoms with E-state index in [-0.39, 0.29) is 43.3 Å². The Bertz CT molecular complexity index is 729. The van der Waals surface area contributed by atoms with Crippen molar-refractivity contribution in [2.45, 2.75) is 51.2 Å². The molecule has 0 unspecified atom stereocenters. The molecule has 152 valence electrons. The molecule has 0 radical (unpaired) electrons. The van der Waals surface area contributed by atoms with E-state index in [4.69, 9.17) is 9.84 Å². The summed E-state index contributed by atoms with van der Waals surface area (Å²) in [7, 11) is 0. The molecule has 7 nitrogen and oxygen atoms in total. The lowest BCUT2D eigenvalue weighted by molar-refractivity contribution is -0.140. The Labute approximate surface area is 165 Å². The van der Waals surface area contributed by atoms with Gasteiger partial charge in [-0.1, -0.05) is 24.3 Å². The Kier molecular flexibility index (Phi) is 6.67. The number of fused-ring (bicyclic) bond motifs is 1. The van der Waals surface area contributed by atoms with Gasteiger partial charge in [-0.05, 0) is 30.4 Å². The summed E-state index contributed by atoms with van der Waals surface area (Å²) < 4.78 is 5.64. The van der Waals surface area contributed by atoms with Crippen LogP contribution < -0.4 is 0 Å². The zero-order valence-electron chi connectivity index (χ0n) is 16.3. The van der Waals surface area contributed by atoms with Gasteiger partial charge in [-0.3, -0.25) is 14.4 Å². The summed E-state index contributed by atoms with van der Waals surface area (Å²) in [5.74, 6) is -1.12. The largest absolute Gasteiger partial charge is 0.481 e. The fourth-order valence-corrected chi connectivity index (χ4v) is 4.13. The first kappa shape index (κ1) is 20.3. The lowest BCUT2D eigenvalue weighted by atomic mass is 9.90. The van der Waals surface area contributed by atoms with Crippen molar-refractivity contribution < 1.29 is 24.2 Å². The number of rotatable bonds is 7. The van der Waals surface area contributed by atoms with Crippen LogP contribution in [0.15, 0.2) is 24.3 Å². The lowest BCUT2D eigenvalue weighted by Crippen LogP contribution is -2.44. The first-order valence-corrected chi connectivity index (χ1v) is 9.92. The van der Waals surface area contributed by atoms with Crippen LogP contribution in [0.3, 0.4) is 0 Å². The molecule has 28 heavy (non-hydrogen) atoms. The van der Waals surface area contributed by atoms with Crippen LogP contribution in [0, 0.1) is 0 Å². The molecular formula is C21H28N2O5. The van der Waals surface area contributed by atoms with Crippen LogP contribution >= 0.6 is 0 Å². The standard InChI is InChI=1S/C21H28N2O5/c1-15(24)23-11-8-16-5-2-3-7-18(16)19(23)13-20(25)22(10-9-21(26)27)14-17-6-4-12-28-17/h2-3,5,7,17,19H,4,6,8-14H2,1H3,(H,26,27)/t17-,19-/m0/s1.